The van der Waals surface area contributed by atoms with E-state index in [0.717, 1.165) is 30.5 Å². The maximum absolute atomic E-state index is 12.4. The summed E-state index contributed by atoms with van der Waals surface area (Å²) in [5.74, 6) is 0.319. The Balaban J connectivity index is 1.59. The van der Waals surface area contributed by atoms with Crippen molar-refractivity contribution in [2.75, 3.05) is 0 Å². The molecule has 0 spiro atoms. The molecule has 0 radical (unpaired) electrons. The lowest BCUT2D eigenvalue weighted by atomic mass is 10.0. The standard InChI is InChI=1S/C24H27NO3S/c1-3-22(25-18-21-7-5-4-6-8-21)17-20-11-13-23(14-12-20)28-29(26,27)24-15-9-19(2)10-16-24/h4-16,22,25H,3,17-18H2,1-2H3. The van der Waals surface area contributed by atoms with Gasteiger partial charge in [-0.25, -0.2) is 0 Å². The third-order valence-electron chi connectivity index (χ3n) is 4.85. The van der Waals surface area contributed by atoms with Gasteiger partial charge in [0.15, 0.2) is 0 Å². The molecular formula is C24H27NO3S. The van der Waals surface area contributed by atoms with Crippen molar-refractivity contribution in [1.82, 2.24) is 5.32 Å². The fraction of sp³-hybridized carbons (Fsp3) is 0.250. The van der Waals surface area contributed by atoms with Crippen LogP contribution in [0.15, 0.2) is 83.8 Å². The lowest BCUT2D eigenvalue weighted by Crippen LogP contribution is -2.30. The van der Waals surface area contributed by atoms with Crippen LogP contribution in [0.25, 0.3) is 0 Å². The molecule has 3 aromatic carbocycles. The Labute approximate surface area is 173 Å². The smallest absolute Gasteiger partial charge is 0.339 e. The molecule has 1 N–H and O–H groups in total. The lowest BCUT2D eigenvalue weighted by molar-refractivity contribution is 0.484. The Morgan fingerprint density at radius 2 is 1.52 bits per heavy atom. The zero-order valence-electron chi connectivity index (χ0n) is 16.8. The number of hydrogen-bond acceptors (Lipinski definition) is 4. The van der Waals surface area contributed by atoms with Gasteiger partial charge in [-0.1, -0.05) is 67.1 Å². The van der Waals surface area contributed by atoms with Crippen LogP contribution in [0.4, 0.5) is 0 Å². The Kier molecular flexibility index (Phi) is 7.07. The van der Waals surface area contributed by atoms with Crippen molar-refractivity contribution in [3.05, 3.63) is 95.6 Å². The van der Waals surface area contributed by atoms with Crippen molar-refractivity contribution in [3.63, 3.8) is 0 Å². The first kappa shape index (κ1) is 21.1. The minimum atomic E-state index is -3.82. The van der Waals surface area contributed by atoms with E-state index in [9.17, 15) is 8.42 Å². The summed E-state index contributed by atoms with van der Waals surface area (Å²) >= 11 is 0. The van der Waals surface area contributed by atoms with Crippen molar-refractivity contribution < 1.29 is 12.6 Å². The zero-order chi connectivity index (χ0) is 20.7. The highest BCUT2D eigenvalue weighted by atomic mass is 32.2. The van der Waals surface area contributed by atoms with Crippen molar-refractivity contribution in [1.29, 1.82) is 0 Å². The second-order valence-electron chi connectivity index (χ2n) is 7.17. The van der Waals surface area contributed by atoms with E-state index < -0.39 is 10.1 Å². The molecular weight excluding hydrogens is 382 g/mol. The fourth-order valence-electron chi connectivity index (χ4n) is 3.06. The summed E-state index contributed by atoms with van der Waals surface area (Å²) in [6, 6.07) is 24.6. The van der Waals surface area contributed by atoms with Gasteiger partial charge in [-0.3, -0.25) is 0 Å². The first-order valence-corrected chi connectivity index (χ1v) is 11.2. The summed E-state index contributed by atoms with van der Waals surface area (Å²) in [4.78, 5) is 0.156. The molecule has 0 fully saturated rings. The van der Waals surface area contributed by atoms with Crippen molar-refractivity contribution in [2.45, 2.75) is 44.2 Å². The van der Waals surface area contributed by atoms with Crippen LogP contribution in [0.1, 0.15) is 30.0 Å². The van der Waals surface area contributed by atoms with Gasteiger partial charge in [0, 0.05) is 12.6 Å². The molecule has 0 aliphatic rings. The molecule has 1 atom stereocenters. The molecule has 0 bridgehead atoms. The van der Waals surface area contributed by atoms with E-state index in [2.05, 4.69) is 24.4 Å². The van der Waals surface area contributed by atoms with Crippen LogP contribution < -0.4 is 9.50 Å². The summed E-state index contributed by atoms with van der Waals surface area (Å²) in [6.45, 7) is 4.90. The largest absolute Gasteiger partial charge is 0.379 e. The number of rotatable bonds is 9. The minimum Gasteiger partial charge on any atom is -0.379 e. The molecule has 0 amide bonds. The molecule has 3 aromatic rings. The highest BCUT2D eigenvalue weighted by Gasteiger charge is 2.16. The Morgan fingerprint density at radius 1 is 0.862 bits per heavy atom. The van der Waals surface area contributed by atoms with Gasteiger partial charge in [0.25, 0.3) is 0 Å². The third kappa shape index (κ3) is 6.17. The average molecular weight is 410 g/mol. The molecule has 0 saturated carbocycles. The topological polar surface area (TPSA) is 55.4 Å². The molecule has 1 unspecified atom stereocenters. The van der Waals surface area contributed by atoms with Gasteiger partial charge in [0.2, 0.25) is 0 Å². The molecule has 0 saturated heterocycles. The van der Waals surface area contributed by atoms with Crippen molar-refractivity contribution in [2.24, 2.45) is 0 Å². The highest BCUT2D eigenvalue weighted by Crippen LogP contribution is 2.20. The van der Waals surface area contributed by atoms with E-state index >= 15 is 0 Å². The monoisotopic (exact) mass is 409 g/mol. The average Bonchev–Trinajstić information content (AvgIpc) is 2.73. The van der Waals surface area contributed by atoms with Gasteiger partial charge in [-0.2, -0.15) is 8.42 Å². The molecule has 29 heavy (non-hydrogen) atoms. The van der Waals surface area contributed by atoms with Crippen LogP contribution in [0.5, 0.6) is 5.75 Å². The first-order chi connectivity index (χ1) is 14.0. The highest BCUT2D eigenvalue weighted by molar-refractivity contribution is 7.87. The fourth-order valence-corrected chi connectivity index (χ4v) is 3.99. The number of benzene rings is 3. The maximum Gasteiger partial charge on any atom is 0.339 e. The van der Waals surface area contributed by atoms with E-state index in [-0.39, 0.29) is 4.90 Å². The van der Waals surface area contributed by atoms with Crippen molar-refractivity contribution >= 4 is 10.1 Å². The van der Waals surface area contributed by atoms with Crippen LogP contribution in [-0.2, 0) is 23.1 Å². The zero-order valence-corrected chi connectivity index (χ0v) is 17.7. The summed E-state index contributed by atoms with van der Waals surface area (Å²) in [5.41, 5.74) is 3.40. The molecule has 4 nitrogen and oxygen atoms in total. The van der Waals surface area contributed by atoms with Crippen molar-refractivity contribution in [3.8, 4) is 5.75 Å². The van der Waals surface area contributed by atoms with Crippen LogP contribution in [0.2, 0.25) is 0 Å². The normalized spacial score (nSPS) is 12.5. The van der Waals surface area contributed by atoms with Crippen LogP contribution in [0.3, 0.4) is 0 Å². The molecule has 0 aromatic heterocycles. The Morgan fingerprint density at radius 3 is 2.14 bits per heavy atom. The second-order valence-corrected chi connectivity index (χ2v) is 8.72. The second kappa shape index (κ2) is 9.72. The summed E-state index contributed by atoms with van der Waals surface area (Å²) in [6.07, 6.45) is 1.88. The van der Waals surface area contributed by atoms with Gasteiger partial charge in [0.05, 0.1) is 0 Å². The van der Waals surface area contributed by atoms with E-state index in [0.29, 0.717) is 11.8 Å². The number of nitrogens with one attached hydrogen (secondary N) is 1. The van der Waals surface area contributed by atoms with E-state index in [1.807, 2.05) is 37.3 Å². The summed E-state index contributed by atoms with van der Waals surface area (Å²) in [7, 11) is -3.82. The molecule has 3 rings (SSSR count). The van der Waals surface area contributed by atoms with Gasteiger partial charge in [-0.05, 0) is 55.2 Å². The Hall–Kier alpha value is -2.63. The third-order valence-corrected chi connectivity index (χ3v) is 6.11. The predicted octanol–water partition coefficient (Wildman–Crippen LogP) is 4.87. The molecule has 0 aliphatic carbocycles. The predicted molar refractivity (Wildman–Crippen MR) is 116 cm³/mol. The van der Waals surface area contributed by atoms with Crippen LogP contribution in [-0.4, -0.2) is 14.5 Å². The minimum absolute atomic E-state index is 0.156. The summed E-state index contributed by atoms with van der Waals surface area (Å²) < 4.78 is 30.1. The van der Waals surface area contributed by atoms with E-state index in [1.165, 1.54) is 5.56 Å². The van der Waals surface area contributed by atoms with Crippen LogP contribution >= 0.6 is 0 Å². The molecule has 0 aliphatic heterocycles. The number of aryl methyl sites for hydroxylation is 1. The quantitative estimate of drug-likeness (QED) is 0.512. The van der Waals surface area contributed by atoms with Gasteiger partial charge in [-0.15, -0.1) is 0 Å². The Bertz CT molecular complexity index is 998. The lowest BCUT2D eigenvalue weighted by Gasteiger charge is -2.17. The summed E-state index contributed by atoms with van der Waals surface area (Å²) in [5, 5.41) is 3.59. The molecule has 152 valence electrons. The molecule has 0 heterocycles. The van der Waals surface area contributed by atoms with E-state index in [4.69, 9.17) is 4.18 Å². The molecule has 5 heteroatoms. The maximum atomic E-state index is 12.4. The first-order valence-electron chi connectivity index (χ1n) is 9.83. The van der Waals surface area contributed by atoms with Gasteiger partial charge < -0.3 is 9.50 Å². The van der Waals surface area contributed by atoms with Gasteiger partial charge in [0.1, 0.15) is 10.6 Å². The van der Waals surface area contributed by atoms with Gasteiger partial charge >= 0.3 is 10.1 Å². The van der Waals surface area contributed by atoms with Crippen LogP contribution in [0, 0.1) is 6.92 Å². The van der Waals surface area contributed by atoms with E-state index in [1.54, 1.807) is 36.4 Å². The number of hydrogen-bond donors (Lipinski definition) is 1. The SMILES string of the molecule is CCC(Cc1ccc(OS(=O)(=O)c2ccc(C)cc2)cc1)NCc1ccccc1.